The molecule has 2 aromatic rings. The van der Waals surface area contributed by atoms with Crippen LogP contribution in [0.15, 0.2) is 70.5 Å². The normalized spacial score (nSPS) is 12.6. The number of thioether (sulfide) groups is 2. The van der Waals surface area contributed by atoms with E-state index >= 15 is 0 Å². The first-order valence-corrected chi connectivity index (χ1v) is 7.78. The Balaban J connectivity index is 2.08. The van der Waals surface area contributed by atoms with Crippen LogP contribution in [0.3, 0.4) is 0 Å². The average Bonchev–Trinajstić information content (AvgIpc) is 2.48. The van der Waals surface area contributed by atoms with E-state index in [1.165, 1.54) is 0 Å². The Morgan fingerprint density at radius 3 is 1.58 bits per heavy atom. The van der Waals surface area contributed by atoms with Gasteiger partial charge in [0.1, 0.15) is 0 Å². The van der Waals surface area contributed by atoms with Gasteiger partial charge in [0.15, 0.2) is 0 Å². The van der Waals surface area contributed by atoms with Crippen molar-refractivity contribution in [1.82, 2.24) is 0 Å². The Morgan fingerprint density at radius 1 is 0.789 bits per heavy atom. The molecule has 0 heterocycles. The second kappa shape index (κ2) is 7.60. The number of hydrogen-bond acceptors (Lipinski definition) is 4. The molecule has 0 aliphatic rings. The Kier molecular flexibility index (Phi) is 5.79. The first-order valence-electron chi connectivity index (χ1n) is 6.02. The van der Waals surface area contributed by atoms with Crippen molar-refractivity contribution in [2.45, 2.75) is 20.5 Å². The highest BCUT2D eigenvalue weighted by molar-refractivity contribution is 8.17. The fraction of sp³-hybridized carbons (Fsp3) is 0.200. The third kappa shape index (κ3) is 4.58. The number of rotatable bonds is 6. The summed E-state index contributed by atoms with van der Waals surface area (Å²) in [5.74, 6) is 0. The first-order chi connectivity index (χ1) is 9.29. The Bertz CT molecular complexity index is 435. The molecule has 0 fully saturated rings. The second-order valence-corrected chi connectivity index (χ2v) is 6.71. The maximum absolute atomic E-state index is 9.95. The smallest absolute Gasteiger partial charge is 0.0987 e. The fourth-order valence-electron chi connectivity index (χ4n) is 1.53. The maximum Gasteiger partial charge on any atom is 0.0987 e. The molecule has 4 heteroatoms. The molecule has 0 aliphatic carbocycles. The van der Waals surface area contributed by atoms with Crippen LogP contribution in [-0.4, -0.2) is 27.5 Å². The molecule has 0 saturated heterocycles. The lowest BCUT2D eigenvalue weighted by Crippen LogP contribution is -2.23. The SMILES string of the molecule is OC[C@H](O)C(Sc1ccccc1)Sc1ccccc1. The van der Waals surface area contributed by atoms with Crippen molar-refractivity contribution in [3.63, 3.8) is 0 Å². The van der Waals surface area contributed by atoms with Gasteiger partial charge in [-0.15, -0.1) is 23.5 Å². The van der Waals surface area contributed by atoms with E-state index in [-0.39, 0.29) is 11.2 Å². The van der Waals surface area contributed by atoms with E-state index in [4.69, 9.17) is 0 Å². The van der Waals surface area contributed by atoms with Gasteiger partial charge >= 0.3 is 0 Å². The molecule has 0 spiro atoms. The topological polar surface area (TPSA) is 40.5 Å². The molecule has 0 unspecified atom stereocenters. The van der Waals surface area contributed by atoms with Gasteiger partial charge in [0, 0.05) is 9.79 Å². The maximum atomic E-state index is 9.95. The molecule has 2 N–H and O–H groups in total. The largest absolute Gasteiger partial charge is 0.394 e. The van der Waals surface area contributed by atoms with E-state index in [0.717, 1.165) is 9.79 Å². The molecule has 0 aliphatic heterocycles. The molecule has 0 radical (unpaired) electrons. The zero-order chi connectivity index (χ0) is 13.5. The molecule has 0 saturated carbocycles. The third-order valence-electron chi connectivity index (χ3n) is 2.49. The molecular weight excluding hydrogens is 276 g/mol. The fourth-order valence-corrected chi connectivity index (χ4v) is 4.04. The van der Waals surface area contributed by atoms with Crippen LogP contribution < -0.4 is 0 Å². The predicted octanol–water partition coefficient (Wildman–Crippen LogP) is 3.25. The molecule has 0 amide bonds. The van der Waals surface area contributed by atoms with Crippen LogP contribution in [0.2, 0.25) is 0 Å². The van der Waals surface area contributed by atoms with Gasteiger partial charge in [0.2, 0.25) is 0 Å². The van der Waals surface area contributed by atoms with Crippen molar-refractivity contribution in [3.05, 3.63) is 60.7 Å². The summed E-state index contributed by atoms with van der Waals surface area (Å²) in [4.78, 5) is 2.17. The highest BCUT2D eigenvalue weighted by Gasteiger charge is 2.21. The Labute approximate surface area is 121 Å². The third-order valence-corrected chi connectivity index (χ3v) is 5.25. The van der Waals surface area contributed by atoms with Crippen molar-refractivity contribution in [3.8, 4) is 0 Å². The Morgan fingerprint density at radius 2 is 1.21 bits per heavy atom. The van der Waals surface area contributed by atoms with Crippen LogP contribution in [0.5, 0.6) is 0 Å². The molecule has 100 valence electrons. The highest BCUT2D eigenvalue weighted by Crippen LogP contribution is 2.37. The molecular formula is C15H16O2S2. The average molecular weight is 292 g/mol. The minimum Gasteiger partial charge on any atom is -0.394 e. The van der Waals surface area contributed by atoms with E-state index < -0.39 is 6.10 Å². The van der Waals surface area contributed by atoms with Gasteiger partial charge in [-0.1, -0.05) is 36.4 Å². The number of aliphatic hydroxyl groups excluding tert-OH is 2. The van der Waals surface area contributed by atoms with Crippen LogP contribution in [0.4, 0.5) is 0 Å². The van der Waals surface area contributed by atoms with E-state index in [1.807, 2.05) is 60.7 Å². The predicted molar refractivity (Wildman–Crippen MR) is 81.5 cm³/mol. The highest BCUT2D eigenvalue weighted by atomic mass is 32.2. The lowest BCUT2D eigenvalue weighted by Gasteiger charge is -2.20. The van der Waals surface area contributed by atoms with Gasteiger partial charge in [-0.2, -0.15) is 0 Å². The van der Waals surface area contributed by atoms with Crippen molar-refractivity contribution >= 4 is 23.5 Å². The van der Waals surface area contributed by atoms with Crippen molar-refractivity contribution in [2.75, 3.05) is 6.61 Å². The summed E-state index contributed by atoms with van der Waals surface area (Å²) >= 11 is 3.14. The summed E-state index contributed by atoms with van der Waals surface area (Å²) < 4.78 is -0.130. The van der Waals surface area contributed by atoms with E-state index in [2.05, 4.69) is 0 Å². The van der Waals surface area contributed by atoms with Crippen LogP contribution in [0.25, 0.3) is 0 Å². The summed E-state index contributed by atoms with van der Waals surface area (Å²) in [5, 5.41) is 19.1. The number of hydrogen-bond donors (Lipinski definition) is 2. The lowest BCUT2D eigenvalue weighted by atomic mass is 10.4. The molecule has 1 atom stereocenters. The Hall–Kier alpha value is -0.940. The molecule has 19 heavy (non-hydrogen) atoms. The van der Waals surface area contributed by atoms with Crippen molar-refractivity contribution in [1.29, 1.82) is 0 Å². The molecule has 2 aromatic carbocycles. The van der Waals surface area contributed by atoms with Gasteiger partial charge in [0.05, 0.1) is 17.3 Å². The summed E-state index contributed by atoms with van der Waals surface area (Å²) in [6.45, 7) is -0.232. The van der Waals surface area contributed by atoms with Crippen LogP contribution >= 0.6 is 23.5 Å². The molecule has 0 aromatic heterocycles. The van der Waals surface area contributed by atoms with E-state index in [9.17, 15) is 10.2 Å². The zero-order valence-electron chi connectivity index (χ0n) is 10.3. The van der Waals surface area contributed by atoms with E-state index in [0.29, 0.717) is 0 Å². The minimum absolute atomic E-state index is 0.130. The molecule has 2 nitrogen and oxygen atoms in total. The van der Waals surface area contributed by atoms with E-state index in [1.54, 1.807) is 23.5 Å². The van der Waals surface area contributed by atoms with Gasteiger partial charge in [-0.25, -0.2) is 0 Å². The molecule has 2 rings (SSSR count). The monoisotopic (exact) mass is 292 g/mol. The summed E-state index contributed by atoms with van der Waals surface area (Å²) in [6, 6.07) is 19.8. The van der Waals surface area contributed by atoms with Crippen LogP contribution in [0.1, 0.15) is 0 Å². The van der Waals surface area contributed by atoms with Crippen molar-refractivity contribution in [2.24, 2.45) is 0 Å². The zero-order valence-corrected chi connectivity index (χ0v) is 12.0. The second-order valence-electron chi connectivity index (χ2n) is 3.98. The lowest BCUT2D eigenvalue weighted by molar-refractivity contribution is 0.108. The summed E-state index contributed by atoms with van der Waals surface area (Å²) in [6.07, 6.45) is -0.754. The van der Waals surface area contributed by atoms with Crippen LogP contribution in [-0.2, 0) is 0 Å². The quantitative estimate of drug-likeness (QED) is 0.633. The van der Waals surface area contributed by atoms with Crippen LogP contribution in [0, 0.1) is 0 Å². The minimum atomic E-state index is -0.754. The van der Waals surface area contributed by atoms with Gasteiger partial charge < -0.3 is 10.2 Å². The van der Waals surface area contributed by atoms with Crippen molar-refractivity contribution < 1.29 is 10.2 Å². The standard InChI is InChI=1S/C15H16O2S2/c16-11-14(17)15(18-12-7-3-1-4-8-12)19-13-9-5-2-6-10-13/h1-10,14-17H,11H2/t14-/m0/s1. The number of benzene rings is 2. The van der Waals surface area contributed by atoms with Gasteiger partial charge in [-0.05, 0) is 24.3 Å². The summed E-state index contributed by atoms with van der Waals surface area (Å²) in [7, 11) is 0. The number of aliphatic hydroxyl groups is 2. The van der Waals surface area contributed by atoms with Gasteiger partial charge in [-0.3, -0.25) is 0 Å². The van der Waals surface area contributed by atoms with Gasteiger partial charge in [0.25, 0.3) is 0 Å². The molecule has 0 bridgehead atoms. The summed E-state index contributed by atoms with van der Waals surface area (Å²) in [5.41, 5.74) is 0. The first kappa shape index (κ1) is 14.5.